The van der Waals surface area contributed by atoms with Crippen molar-refractivity contribution >= 4 is 39.2 Å². The van der Waals surface area contributed by atoms with Gasteiger partial charge in [0.25, 0.3) is 0 Å². The van der Waals surface area contributed by atoms with Crippen LogP contribution >= 0.6 is 27.5 Å². The summed E-state index contributed by atoms with van der Waals surface area (Å²) in [5.74, 6) is -0.879. The Hall–Kier alpha value is -1.00. The van der Waals surface area contributed by atoms with Crippen LogP contribution in [-0.2, 0) is 4.79 Å². The number of hydrogen-bond donors (Lipinski definition) is 2. The molecule has 92 valence electrons. The molecule has 0 saturated heterocycles. The van der Waals surface area contributed by atoms with Gasteiger partial charge < -0.3 is 10.4 Å². The van der Waals surface area contributed by atoms with Crippen LogP contribution in [0.2, 0.25) is 5.02 Å². The smallest absolute Gasteiger partial charge is 0.331 e. The summed E-state index contributed by atoms with van der Waals surface area (Å²) >= 11 is 9.33. The van der Waals surface area contributed by atoms with Crippen LogP contribution in [0.5, 0.6) is 0 Å². The second-order valence-corrected chi connectivity index (χ2v) is 4.72. The maximum atomic E-state index is 10.8. The fourth-order valence-corrected chi connectivity index (χ4v) is 2.04. The molecular weight excluding hydrogens is 305 g/mol. The zero-order valence-electron chi connectivity index (χ0n) is 9.34. The summed E-state index contributed by atoms with van der Waals surface area (Å²) in [5, 5.41) is 12.5. The van der Waals surface area contributed by atoms with Gasteiger partial charge in [-0.1, -0.05) is 40.5 Å². The van der Waals surface area contributed by atoms with E-state index in [1.54, 1.807) is 12.1 Å². The number of carboxylic acids is 1. The van der Waals surface area contributed by atoms with Crippen LogP contribution in [0.1, 0.15) is 13.3 Å². The lowest BCUT2D eigenvalue weighted by molar-refractivity contribution is -0.132. The maximum Gasteiger partial charge on any atom is 0.331 e. The van der Waals surface area contributed by atoms with Gasteiger partial charge in [0.15, 0.2) is 0 Å². The van der Waals surface area contributed by atoms with E-state index in [0.717, 1.165) is 10.2 Å². The van der Waals surface area contributed by atoms with Crippen LogP contribution < -0.4 is 5.32 Å². The molecule has 3 nitrogen and oxygen atoms in total. The van der Waals surface area contributed by atoms with Gasteiger partial charge in [0, 0.05) is 16.6 Å². The highest BCUT2D eigenvalue weighted by Crippen LogP contribution is 2.25. The van der Waals surface area contributed by atoms with E-state index in [-0.39, 0.29) is 0 Å². The Morgan fingerprint density at radius 3 is 2.82 bits per heavy atom. The van der Waals surface area contributed by atoms with Gasteiger partial charge in [-0.15, -0.1) is 0 Å². The molecule has 0 aliphatic carbocycles. The molecule has 0 unspecified atom stereocenters. The molecule has 0 aromatic heterocycles. The van der Waals surface area contributed by atoms with Crippen molar-refractivity contribution in [2.24, 2.45) is 0 Å². The van der Waals surface area contributed by atoms with Gasteiger partial charge in [-0.2, -0.15) is 0 Å². The molecule has 0 bridgehead atoms. The largest absolute Gasteiger partial charge is 0.478 e. The summed E-state index contributed by atoms with van der Waals surface area (Å²) in [7, 11) is 0. The number of benzene rings is 1. The van der Waals surface area contributed by atoms with E-state index < -0.39 is 5.97 Å². The van der Waals surface area contributed by atoms with E-state index in [4.69, 9.17) is 16.7 Å². The highest BCUT2D eigenvalue weighted by molar-refractivity contribution is 9.10. The highest BCUT2D eigenvalue weighted by atomic mass is 79.9. The summed E-state index contributed by atoms with van der Waals surface area (Å²) in [6.07, 6.45) is 2.16. The molecule has 17 heavy (non-hydrogen) atoms. The molecule has 0 spiro atoms. The minimum absolute atomic E-state index is 0.394. The lowest BCUT2D eigenvalue weighted by atomic mass is 10.2. The first-order valence-corrected chi connectivity index (χ1v) is 6.33. The van der Waals surface area contributed by atoms with Gasteiger partial charge in [0.05, 0.1) is 10.7 Å². The molecule has 0 saturated carbocycles. The standard InChI is InChI=1S/C12H13BrClNO2/c1-2-8(12(16)17)5-6-15-11-4-3-9(13)7-10(11)14/h3-5,7,15H,2,6H2,1H3,(H,16,17)/b8-5-. The highest BCUT2D eigenvalue weighted by Gasteiger charge is 2.03. The first kappa shape index (κ1) is 14.1. The lowest BCUT2D eigenvalue weighted by Gasteiger charge is -2.06. The van der Waals surface area contributed by atoms with Gasteiger partial charge in [-0.3, -0.25) is 0 Å². The van der Waals surface area contributed by atoms with E-state index in [9.17, 15) is 4.79 Å². The summed E-state index contributed by atoms with van der Waals surface area (Å²) < 4.78 is 0.906. The topological polar surface area (TPSA) is 49.3 Å². The number of carboxylic acid groups (broad SMARTS) is 1. The first-order valence-electron chi connectivity index (χ1n) is 5.15. The molecule has 0 heterocycles. The van der Waals surface area contributed by atoms with Crippen molar-refractivity contribution in [2.75, 3.05) is 11.9 Å². The SMILES string of the molecule is CC/C(=C/CNc1ccc(Br)cc1Cl)C(=O)O. The van der Waals surface area contributed by atoms with Crippen LogP contribution in [0.25, 0.3) is 0 Å². The molecular formula is C12H13BrClNO2. The quantitative estimate of drug-likeness (QED) is 0.809. The third-order valence-corrected chi connectivity index (χ3v) is 3.03. The fourth-order valence-electron chi connectivity index (χ4n) is 1.30. The molecule has 0 aliphatic heterocycles. The maximum absolute atomic E-state index is 10.8. The number of hydrogen-bond acceptors (Lipinski definition) is 2. The number of anilines is 1. The number of halogens is 2. The molecule has 2 N–H and O–H groups in total. The molecule has 1 aromatic rings. The summed E-state index contributed by atoms with van der Waals surface area (Å²) in [4.78, 5) is 10.8. The van der Waals surface area contributed by atoms with Crippen LogP contribution in [0.15, 0.2) is 34.3 Å². The Morgan fingerprint density at radius 2 is 2.29 bits per heavy atom. The van der Waals surface area contributed by atoms with Crippen LogP contribution in [0, 0.1) is 0 Å². The number of aliphatic carboxylic acids is 1. The molecule has 0 atom stereocenters. The summed E-state index contributed by atoms with van der Waals surface area (Å²) in [5.41, 5.74) is 1.18. The third kappa shape index (κ3) is 4.40. The van der Waals surface area contributed by atoms with Crippen LogP contribution in [-0.4, -0.2) is 17.6 Å². The van der Waals surface area contributed by atoms with Gasteiger partial charge >= 0.3 is 5.97 Å². The second kappa shape index (κ2) is 6.67. The van der Waals surface area contributed by atoms with Crippen molar-refractivity contribution in [2.45, 2.75) is 13.3 Å². The predicted molar refractivity (Wildman–Crippen MR) is 73.7 cm³/mol. The summed E-state index contributed by atoms with van der Waals surface area (Å²) in [6.45, 7) is 2.25. The van der Waals surface area contributed by atoms with Gasteiger partial charge in [0.1, 0.15) is 0 Å². The molecule has 0 radical (unpaired) electrons. The van der Waals surface area contributed by atoms with Crippen molar-refractivity contribution in [3.63, 3.8) is 0 Å². The normalized spacial score (nSPS) is 11.4. The van der Waals surface area contributed by atoms with Crippen molar-refractivity contribution in [1.82, 2.24) is 0 Å². The van der Waals surface area contributed by atoms with Crippen molar-refractivity contribution < 1.29 is 9.90 Å². The minimum atomic E-state index is -0.879. The molecule has 0 amide bonds. The molecule has 5 heteroatoms. The van der Waals surface area contributed by atoms with Crippen molar-refractivity contribution in [3.8, 4) is 0 Å². The zero-order chi connectivity index (χ0) is 12.8. The average molecular weight is 319 g/mol. The predicted octanol–water partition coefficient (Wildman–Crippen LogP) is 3.94. The number of rotatable bonds is 5. The van der Waals surface area contributed by atoms with E-state index in [1.807, 2.05) is 19.1 Å². The van der Waals surface area contributed by atoms with E-state index in [1.165, 1.54) is 0 Å². The van der Waals surface area contributed by atoms with E-state index in [0.29, 0.717) is 23.6 Å². The van der Waals surface area contributed by atoms with Gasteiger partial charge in [-0.25, -0.2) is 4.79 Å². The van der Waals surface area contributed by atoms with Crippen molar-refractivity contribution in [3.05, 3.63) is 39.3 Å². The fraction of sp³-hybridized carbons (Fsp3) is 0.250. The average Bonchev–Trinajstić information content (AvgIpc) is 2.26. The first-order chi connectivity index (χ1) is 8.04. The number of nitrogens with one attached hydrogen (secondary N) is 1. The lowest BCUT2D eigenvalue weighted by Crippen LogP contribution is -2.05. The van der Waals surface area contributed by atoms with E-state index >= 15 is 0 Å². The number of carbonyl (C=O) groups is 1. The molecule has 1 rings (SSSR count). The van der Waals surface area contributed by atoms with Crippen molar-refractivity contribution in [1.29, 1.82) is 0 Å². The zero-order valence-corrected chi connectivity index (χ0v) is 11.7. The molecule has 1 aromatic carbocycles. The monoisotopic (exact) mass is 317 g/mol. The van der Waals surface area contributed by atoms with Crippen LogP contribution in [0.3, 0.4) is 0 Å². The summed E-state index contributed by atoms with van der Waals surface area (Å²) in [6, 6.07) is 5.49. The second-order valence-electron chi connectivity index (χ2n) is 3.39. The minimum Gasteiger partial charge on any atom is -0.478 e. The Kier molecular flexibility index (Phi) is 5.51. The molecule has 0 fully saturated rings. The van der Waals surface area contributed by atoms with E-state index in [2.05, 4.69) is 21.2 Å². The van der Waals surface area contributed by atoms with Gasteiger partial charge in [-0.05, 0) is 24.6 Å². The third-order valence-electron chi connectivity index (χ3n) is 2.23. The Labute approximate surface area is 114 Å². The Morgan fingerprint density at radius 1 is 1.59 bits per heavy atom. The Balaban J connectivity index is 2.65. The Bertz CT molecular complexity index is 446. The van der Waals surface area contributed by atoms with Gasteiger partial charge in [0.2, 0.25) is 0 Å². The van der Waals surface area contributed by atoms with Crippen LogP contribution in [0.4, 0.5) is 5.69 Å². The molecule has 0 aliphatic rings.